The van der Waals surface area contributed by atoms with Crippen LogP contribution in [0.3, 0.4) is 0 Å². The molecule has 2 aromatic carbocycles. The van der Waals surface area contributed by atoms with Gasteiger partial charge in [-0.15, -0.1) is 0 Å². The fourth-order valence-electron chi connectivity index (χ4n) is 2.57. The lowest BCUT2D eigenvalue weighted by atomic mass is 10.0. The zero-order chi connectivity index (χ0) is 16.6. The molecule has 0 spiro atoms. The molecule has 0 aliphatic carbocycles. The molecule has 3 rings (SSSR count). The van der Waals surface area contributed by atoms with Crippen molar-refractivity contribution in [3.8, 4) is 16.9 Å². The second-order valence-corrected chi connectivity index (χ2v) is 6.89. The van der Waals surface area contributed by atoms with Crippen molar-refractivity contribution in [2.24, 2.45) is 0 Å². The summed E-state index contributed by atoms with van der Waals surface area (Å²) in [4.78, 5) is 11.4. The minimum atomic E-state index is -3.82. The van der Waals surface area contributed by atoms with E-state index in [-0.39, 0.29) is 6.54 Å². The van der Waals surface area contributed by atoms with Crippen LogP contribution < -0.4 is 13.8 Å². The van der Waals surface area contributed by atoms with Gasteiger partial charge in [-0.25, -0.2) is 9.03 Å². The minimum absolute atomic E-state index is 0.220. The van der Waals surface area contributed by atoms with Crippen molar-refractivity contribution in [3.05, 3.63) is 48.0 Å². The van der Waals surface area contributed by atoms with Crippen LogP contribution in [0.1, 0.15) is 5.56 Å². The van der Waals surface area contributed by atoms with E-state index in [9.17, 15) is 13.2 Å². The zero-order valence-electron chi connectivity index (χ0n) is 12.7. The average molecular weight is 332 g/mol. The predicted molar refractivity (Wildman–Crippen MR) is 87.6 cm³/mol. The normalized spacial score (nSPS) is 16.3. The molecule has 1 fully saturated rings. The number of carbonyl (C=O) groups excluding carboxylic acids is 1. The number of methoxy groups -OCH3 is 1. The molecular formula is C16H16N2O4S. The lowest BCUT2D eigenvalue weighted by Gasteiger charge is -2.17. The van der Waals surface area contributed by atoms with Gasteiger partial charge in [-0.05, 0) is 30.7 Å². The van der Waals surface area contributed by atoms with E-state index < -0.39 is 16.1 Å². The van der Waals surface area contributed by atoms with Crippen molar-refractivity contribution < 1.29 is 17.9 Å². The molecule has 0 aromatic heterocycles. The molecule has 6 nitrogen and oxygen atoms in total. The Morgan fingerprint density at radius 1 is 1.17 bits per heavy atom. The van der Waals surface area contributed by atoms with E-state index in [0.717, 1.165) is 21.0 Å². The number of hydrogen-bond acceptors (Lipinski definition) is 4. The Balaban J connectivity index is 2.12. The Hall–Kier alpha value is -2.54. The van der Waals surface area contributed by atoms with E-state index in [1.54, 1.807) is 25.3 Å². The van der Waals surface area contributed by atoms with Crippen LogP contribution in [0, 0.1) is 6.92 Å². The third-order valence-electron chi connectivity index (χ3n) is 3.62. The molecule has 0 saturated carbocycles. The van der Waals surface area contributed by atoms with Gasteiger partial charge in [0.15, 0.2) is 0 Å². The summed E-state index contributed by atoms with van der Waals surface area (Å²) in [6, 6.07) is 12.9. The molecule has 23 heavy (non-hydrogen) atoms. The fourth-order valence-corrected chi connectivity index (χ4v) is 3.71. The Morgan fingerprint density at radius 3 is 2.57 bits per heavy atom. The monoisotopic (exact) mass is 332 g/mol. The number of aryl methyl sites for hydroxylation is 1. The lowest BCUT2D eigenvalue weighted by Crippen LogP contribution is -2.29. The van der Waals surface area contributed by atoms with Crippen LogP contribution in [0.5, 0.6) is 5.75 Å². The molecule has 1 aliphatic heterocycles. The first-order chi connectivity index (χ1) is 10.9. The molecule has 0 radical (unpaired) electrons. The molecule has 2 aromatic rings. The number of hydrogen-bond donors (Lipinski definition) is 1. The van der Waals surface area contributed by atoms with E-state index in [0.29, 0.717) is 11.4 Å². The van der Waals surface area contributed by atoms with Crippen LogP contribution in [0.2, 0.25) is 0 Å². The maximum Gasteiger partial charge on any atom is 0.326 e. The van der Waals surface area contributed by atoms with Crippen molar-refractivity contribution in [3.63, 3.8) is 0 Å². The summed E-state index contributed by atoms with van der Waals surface area (Å²) in [5, 5.41) is 0. The van der Waals surface area contributed by atoms with Gasteiger partial charge >= 0.3 is 10.2 Å². The van der Waals surface area contributed by atoms with Crippen LogP contribution in [-0.4, -0.2) is 28.0 Å². The summed E-state index contributed by atoms with van der Waals surface area (Å²) in [5.74, 6) is 0.0909. The van der Waals surface area contributed by atoms with Gasteiger partial charge in [0.2, 0.25) is 0 Å². The van der Waals surface area contributed by atoms with Gasteiger partial charge in [0.25, 0.3) is 5.91 Å². The molecule has 1 saturated heterocycles. The highest BCUT2D eigenvalue weighted by molar-refractivity contribution is 7.92. The predicted octanol–water partition coefficient (Wildman–Crippen LogP) is 1.85. The summed E-state index contributed by atoms with van der Waals surface area (Å²) in [6.07, 6.45) is 0. The molecule has 1 amide bonds. The molecular weight excluding hydrogens is 316 g/mol. The van der Waals surface area contributed by atoms with Gasteiger partial charge in [-0.1, -0.05) is 29.8 Å². The summed E-state index contributed by atoms with van der Waals surface area (Å²) in [7, 11) is -2.26. The first kappa shape index (κ1) is 15.4. The minimum Gasteiger partial charge on any atom is -0.496 e. The number of rotatable bonds is 3. The zero-order valence-corrected chi connectivity index (χ0v) is 13.6. The first-order valence-electron chi connectivity index (χ1n) is 6.99. The molecule has 1 heterocycles. The number of anilines is 1. The van der Waals surface area contributed by atoms with Crippen molar-refractivity contribution >= 4 is 21.8 Å². The number of carbonyl (C=O) groups is 1. The van der Waals surface area contributed by atoms with Gasteiger partial charge < -0.3 is 4.74 Å². The van der Waals surface area contributed by atoms with E-state index >= 15 is 0 Å². The Kier molecular flexibility index (Phi) is 3.73. The molecule has 1 aliphatic rings. The third-order valence-corrected chi connectivity index (χ3v) is 5.03. The highest BCUT2D eigenvalue weighted by atomic mass is 32.2. The van der Waals surface area contributed by atoms with Gasteiger partial charge in [0.05, 0.1) is 12.8 Å². The number of benzene rings is 2. The van der Waals surface area contributed by atoms with Crippen molar-refractivity contribution in [2.75, 3.05) is 18.0 Å². The highest BCUT2D eigenvalue weighted by Gasteiger charge is 2.34. The fraction of sp³-hybridized carbons (Fsp3) is 0.188. The second kappa shape index (κ2) is 5.58. The maximum atomic E-state index is 12.0. The largest absolute Gasteiger partial charge is 0.496 e. The maximum absolute atomic E-state index is 12.0. The van der Waals surface area contributed by atoms with Gasteiger partial charge in [0, 0.05) is 5.56 Å². The van der Waals surface area contributed by atoms with Crippen LogP contribution in [-0.2, 0) is 15.0 Å². The van der Waals surface area contributed by atoms with Gasteiger partial charge in [0.1, 0.15) is 12.3 Å². The number of amides is 1. The quantitative estimate of drug-likeness (QED) is 0.931. The summed E-state index contributed by atoms with van der Waals surface area (Å²) >= 11 is 0. The topological polar surface area (TPSA) is 75.7 Å². The third kappa shape index (κ3) is 2.87. The van der Waals surface area contributed by atoms with Crippen LogP contribution in [0.15, 0.2) is 42.5 Å². The smallest absolute Gasteiger partial charge is 0.326 e. The average Bonchev–Trinajstić information content (AvgIpc) is 2.79. The van der Waals surface area contributed by atoms with E-state index in [2.05, 4.69) is 0 Å². The van der Waals surface area contributed by atoms with Crippen molar-refractivity contribution in [1.82, 2.24) is 4.72 Å². The summed E-state index contributed by atoms with van der Waals surface area (Å²) < 4.78 is 32.4. The lowest BCUT2D eigenvalue weighted by molar-refractivity contribution is -0.117. The summed E-state index contributed by atoms with van der Waals surface area (Å²) in [5.41, 5.74) is 3.18. The van der Waals surface area contributed by atoms with Crippen molar-refractivity contribution in [1.29, 1.82) is 0 Å². The molecule has 0 bridgehead atoms. The molecule has 120 valence electrons. The van der Waals surface area contributed by atoms with E-state index in [1.165, 1.54) is 0 Å². The highest BCUT2D eigenvalue weighted by Crippen LogP contribution is 2.35. The van der Waals surface area contributed by atoms with E-state index in [4.69, 9.17) is 4.74 Å². The number of ether oxygens (including phenoxy) is 1. The Labute approximate surface area is 134 Å². The molecule has 0 atom stereocenters. The van der Waals surface area contributed by atoms with E-state index in [1.807, 2.05) is 35.9 Å². The first-order valence-corrected chi connectivity index (χ1v) is 8.43. The summed E-state index contributed by atoms with van der Waals surface area (Å²) in [6.45, 7) is 1.76. The SMILES string of the molecule is COc1ccc(N2CC(=O)NS2(=O)=O)cc1-c1cccc(C)c1. The van der Waals surface area contributed by atoms with Crippen molar-refractivity contribution in [2.45, 2.75) is 6.92 Å². The standard InChI is InChI=1S/C16H16N2O4S/c1-11-4-3-5-12(8-11)14-9-13(6-7-15(14)22-2)18-10-16(19)17-23(18,20)21/h3-9H,10H2,1-2H3,(H,17,19). The molecule has 0 unspecified atom stereocenters. The van der Waals surface area contributed by atoms with Crippen LogP contribution in [0.25, 0.3) is 11.1 Å². The van der Waals surface area contributed by atoms with Gasteiger partial charge in [-0.3, -0.25) is 4.79 Å². The van der Waals surface area contributed by atoms with Crippen LogP contribution in [0.4, 0.5) is 5.69 Å². The van der Waals surface area contributed by atoms with Gasteiger partial charge in [-0.2, -0.15) is 8.42 Å². The molecule has 7 heteroatoms. The second-order valence-electron chi connectivity index (χ2n) is 5.29. The number of nitrogens with zero attached hydrogens (tertiary/aromatic N) is 1. The Morgan fingerprint density at radius 2 is 1.96 bits per heavy atom. The number of nitrogens with one attached hydrogen (secondary N) is 1. The van der Waals surface area contributed by atoms with Crippen LogP contribution >= 0.6 is 0 Å². The molecule has 1 N–H and O–H groups in total. The Bertz CT molecular complexity index is 877.